The average molecular weight is 958 g/mol. The summed E-state index contributed by atoms with van der Waals surface area (Å²) in [6.07, 6.45) is 41.9. The van der Waals surface area contributed by atoms with Gasteiger partial charge in [0.25, 0.3) is 0 Å². The quantitative estimate of drug-likeness (QED) is 0.0289. The van der Waals surface area contributed by atoms with Crippen molar-refractivity contribution < 1.29 is 25.1 Å². The number of rotatable bonds is 34. The summed E-state index contributed by atoms with van der Waals surface area (Å²) >= 11 is 0. The van der Waals surface area contributed by atoms with E-state index in [2.05, 4.69) is 106 Å². The fourth-order valence-corrected chi connectivity index (χ4v) is 8.58. The van der Waals surface area contributed by atoms with Gasteiger partial charge in [0.05, 0.1) is 0 Å². The minimum absolute atomic E-state index is 0. The Morgan fingerprint density at radius 3 is 0.873 bits per heavy atom. The van der Waals surface area contributed by atoms with E-state index in [9.17, 15) is 5.53 Å². The van der Waals surface area contributed by atoms with Crippen molar-refractivity contribution in [2.24, 2.45) is 0 Å². The molecule has 0 saturated carbocycles. The van der Waals surface area contributed by atoms with Crippen molar-refractivity contribution in [1.29, 1.82) is 0 Å². The van der Waals surface area contributed by atoms with Crippen LogP contribution in [0.15, 0.2) is 47.5 Å². The third-order valence-electron chi connectivity index (χ3n) is 12.6. The van der Waals surface area contributed by atoms with Crippen LogP contribution in [0, 0.1) is 13.8 Å². The van der Waals surface area contributed by atoms with E-state index in [0.29, 0.717) is 0 Å². The molecule has 2 aromatic rings. The summed E-state index contributed by atoms with van der Waals surface area (Å²) in [7, 11) is 0. The van der Waals surface area contributed by atoms with Gasteiger partial charge >= 0.3 is 20.4 Å². The third-order valence-corrected chi connectivity index (χ3v) is 12.6. The molecule has 0 atom stereocenters. The zero-order chi connectivity index (χ0) is 45.6. The Morgan fingerprint density at radius 2 is 0.571 bits per heavy atom. The summed E-state index contributed by atoms with van der Waals surface area (Å²) in [5.41, 5.74) is 26.0. The first-order valence-corrected chi connectivity index (χ1v) is 27.1. The zero-order valence-electron chi connectivity index (χ0n) is 43.1. The van der Waals surface area contributed by atoms with Crippen LogP contribution in [0.1, 0.15) is 281 Å². The monoisotopic (exact) mass is 957 g/mol. The van der Waals surface area contributed by atoms with Crippen LogP contribution in [0.4, 0.5) is 0 Å². The molecule has 0 bridgehead atoms. The molecule has 0 aromatic heterocycles. The van der Waals surface area contributed by atoms with Crippen LogP contribution in [0.5, 0.6) is 0 Å². The van der Waals surface area contributed by atoms with Crippen molar-refractivity contribution in [2.45, 2.75) is 274 Å². The zero-order valence-corrected chi connectivity index (χ0v) is 44.7. The molecule has 0 saturated heterocycles. The second-order valence-corrected chi connectivity index (χ2v) is 18.6. The number of hydrogen-bond donors (Lipinski definition) is 0. The van der Waals surface area contributed by atoms with Crippen molar-refractivity contribution in [3.63, 3.8) is 0 Å². The fraction of sp³-hybridized carbons (Fsp3) is 0.700. The molecule has 3 rings (SSSR count). The summed E-state index contributed by atoms with van der Waals surface area (Å²) in [4.78, 5) is 0. The normalized spacial score (nSPS) is 12.3. The van der Waals surface area contributed by atoms with Gasteiger partial charge in [0.15, 0.2) is 0 Å². The van der Waals surface area contributed by atoms with Gasteiger partial charge < -0.3 is 19.4 Å². The van der Waals surface area contributed by atoms with Gasteiger partial charge in [0, 0.05) is 22.3 Å². The molecule has 0 fully saturated rings. The van der Waals surface area contributed by atoms with E-state index in [-0.39, 0.29) is 20.4 Å². The molecule has 0 spiro atoms. The number of aryl methyl sites for hydroxylation is 4. The molecule has 2 nitrogen and oxygen atoms in total. The maximum Gasteiger partial charge on any atom is 2.00 e. The van der Waals surface area contributed by atoms with Crippen LogP contribution < -0.4 is 0 Å². The largest absolute Gasteiger partial charge is 2.00 e. The second kappa shape index (κ2) is 41.6. The molecular formula is C60H102N2Pd. The van der Waals surface area contributed by atoms with Gasteiger partial charge in [-0.25, -0.2) is 4.70 Å². The number of unbranched alkanes of at least 4 members (excludes halogenated alkanes) is 20. The molecule has 0 radical (unpaired) electrons. The predicted octanol–water partition coefficient (Wildman–Crippen LogP) is 20.5. The molecule has 362 valence electrons. The molecule has 0 unspecified atom stereocenters. The van der Waals surface area contributed by atoms with Crippen LogP contribution in [0.3, 0.4) is 0 Å². The number of benzene rings is 2. The minimum atomic E-state index is 0. The van der Waals surface area contributed by atoms with Crippen LogP contribution in [-0.2, 0) is 46.1 Å². The number of hydrogen-bond acceptors (Lipinski definition) is 0. The van der Waals surface area contributed by atoms with E-state index >= 15 is 0 Å². The summed E-state index contributed by atoms with van der Waals surface area (Å²) in [5.74, 6) is 0. The summed E-state index contributed by atoms with van der Waals surface area (Å²) in [6, 6.07) is 14.8. The fourth-order valence-electron chi connectivity index (χ4n) is 8.58. The Kier molecular flexibility index (Phi) is 40.4. The van der Waals surface area contributed by atoms with Gasteiger partial charge in [-0.2, -0.15) is 12.8 Å². The topological polar surface area (TPSA) is 25.3 Å². The van der Waals surface area contributed by atoms with E-state index in [1.807, 2.05) is 0 Å². The van der Waals surface area contributed by atoms with Crippen molar-refractivity contribution in [1.82, 2.24) is 0 Å². The molecule has 0 N–H and O–H groups in total. The van der Waals surface area contributed by atoms with Crippen molar-refractivity contribution in [2.75, 3.05) is 0 Å². The van der Waals surface area contributed by atoms with E-state index < -0.39 is 0 Å². The summed E-state index contributed by atoms with van der Waals surface area (Å²) in [5, 5.41) is 0. The molecule has 63 heavy (non-hydrogen) atoms. The standard InChI is InChI=1S/C52H84N2.2C4H9.Pd/c1-7-13-19-22-25-28-33-45-37-43(31-16-10-4)39-47(41-45)51-49(35-18-12-6)50(36-30-27-24-21-15-9-3)52(54(51)53)48-40-44(32-17-11-5)38-46(42-48)34-29-26-23-20-14-8-2;2*1-3-4-2;/h37-42H,7-36H2,1-6H3;2*1,3-4H2,2H3;/q;2*-1;+2. The average Bonchev–Trinajstić information content (AvgIpc) is 3.57. The maximum atomic E-state index is 12.7. The van der Waals surface area contributed by atoms with Crippen LogP contribution >= 0.6 is 0 Å². The molecule has 0 amide bonds. The van der Waals surface area contributed by atoms with E-state index in [1.165, 1.54) is 199 Å². The van der Waals surface area contributed by atoms with Crippen molar-refractivity contribution in [3.05, 3.63) is 100 Å². The second-order valence-electron chi connectivity index (χ2n) is 18.6. The maximum absolute atomic E-state index is 12.7. The smallest absolute Gasteiger partial charge is 0.493 e. The van der Waals surface area contributed by atoms with Gasteiger partial charge in [-0.3, -0.25) is 0 Å². The Bertz CT molecular complexity index is 1470. The Labute approximate surface area is 408 Å². The SMILES string of the molecule is CCCCCCCCC1=C(c2cc(CCCC)cc(CCCCCCCC)c2)[N+](=[N-])C(c2cc(CCCC)cc(CCCCCCCC)c2)=C1CCCC.[CH2-]CCC.[CH2-]CCC.[Pd+2]. The molecule has 3 heteroatoms. The van der Waals surface area contributed by atoms with E-state index in [1.54, 1.807) is 4.70 Å². The first-order valence-electron chi connectivity index (χ1n) is 27.1. The van der Waals surface area contributed by atoms with Crippen LogP contribution in [-0.4, -0.2) is 4.70 Å². The Balaban J connectivity index is 0.00000392. The van der Waals surface area contributed by atoms with Gasteiger partial charge in [-0.15, -0.1) is 0 Å². The summed E-state index contributed by atoms with van der Waals surface area (Å²) in [6.45, 7) is 25.3. The van der Waals surface area contributed by atoms with Gasteiger partial charge in [-0.05, 0) is 124 Å². The third kappa shape index (κ3) is 26.2. The number of allylic oxidation sites excluding steroid dienone is 2. The molecule has 1 heterocycles. The van der Waals surface area contributed by atoms with E-state index in [4.69, 9.17) is 0 Å². The first-order chi connectivity index (χ1) is 30.3. The van der Waals surface area contributed by atoms with Crippen molar-refractivity contribution in [3.8, 4) is 0 Å². The Hall–Kier alpha value is -1.82. The van der Waals surface area contributed by atoms with Gasteiger partial charge in [-0.1, -0.05) is 196 Å². The first kappa shape index (κ1) is 61.2. The minimum Gasteiger partial charge on any atom is -0.493 e. The predicted molar refractivity (Wildman–Crippen MR) is 280 cm³/mol. The van der Waals surface area contributed by atoms with Crippen molar-refractivity contribution >= 4 is 11.4 Å². The van der Waals surface area contributed by atoms with Gasteiger partial charge in [0.1, 0.15) is 0 Å². The van der Waals surface area contributed by atoms with Crippen LogP contribution in [0.25, 0.3) is 16.9 Å². The molecule has 1 aliphatic heterocycles. The molecule has 2 aromatic carbocycles. The van der Waals surface area contributed by atoms with Gasteiger partial charge in [0.2, 0.25) is 11.4 Å². The van der Waals surface area contributed by atoms with E-state index in [0.717, 1.165) is 75.6 Å². The molecular weight excluding hydrogens is 855 g/mol. The molecule has 0 aliphatic carbocycles. The molecule has 1 aliphatic rings. The summed E-state index contributed by atoms with van der Waals surface area (Å²) < 4.78 is 1.69. The Morgan fingerprint density at radius 1 is 0.333 bits per heavy atom. The number of nitrogens with zero attached hydrogens (tertiary/aromatic N) is 2. The van der Waals surface area contributed by atoms with Crippen LogP contribution in [0.2, 0.25) is 0 Å².